The molecule has 0 fully saturated rings. The van der Waals surface area contributed by atoms with Crippen molar-refractivity contribution in [2.24, 2.45) is 10.9 Å². The lowest BCUT2D eigenvalue weighted by atomic mass is 9.86. The minimum Gasteiger partial charge on any atom is -0.496 e. The average Bonchev–Trinajstić information content (AvgIpc) is 3.64. The third-order valence-corrected chi connectivity index (χ3v) is 10.1. The molecule has 0 bridgehead atoms. The van der Waals surface area contributed by atoms with Gasteiger partial charge in [-0.2, -0.15) is 0 Å². The first-order valence-corrected chi connectivity index (χ1v) is 20.2. The first kappa shape index (κ1) is 42.0. The van der Waals surface area contributed by atoms with Gasteiger partial charge in [0.1, 0.15) is 23.9 Å². The maximum atomic E-state index is 6.07. The van der Waals surface area contributed by atoms with Crippen LogP contribution in [0, 0.1) is 12.8 Å². The van der Waals surface area contributed by atoms with Crippen molar-refractivity contribution in [3.05, 3.63) is 186 Å². The van der Waals surface area contributed by atoms with Gasteiger partial charge in [0.05, 0.1) is 25.6 Å². The van der Waals surface area contributed by atoms with Crippen LogP contribution in [0.5, 0.6) is 5.75 Å². The summed E-state index contributed by atoms with van der Waals surface area (Å²) in [5.41, 5.74) is 9.79. The molecule has 1 aromatic heterocycles. The summed E-state index contributed by atoms with van der Waals surface area (Å²) < 4.78 is 24.2. The Kier molecular flexibility index (Phi) is 14.3. The van der Waals surface area contributed by atoms with Gasteiger partial charge in [0.25, 0.3) is 0 Å². The van der Waals surface area contributed by atoms with Gasteiger partial charge in [-0.25, -0.2) is 9.98 Å². The predicted molar refractivity (Wildman–Crippen MR) is 247 cm³/mol. The van der Waals surface area contributed by atoms with Crippen molar-refractivity contribution < 1.29 is 18.6 Å². The van der Waals surface area contributed by atoms with E-state index in [-0.39, 0.29) is 5.92 Å². The monoisotopic (exact) mass is 782 g/mol. The number of hydrogen-bond acceptors (Lipinski definition) is 6. The van der Waals surface area contributed by atoms with Crippen molar-refractivity contribution >= 4 is 33.9 Å². The highest BCUT2D eigenvalue weighted by Gasteiger charge is 2.23. The summed E-state index contributed by atoms with van der Waals surface area (Å²) in [6, 6.07) is 27.5. The van der Waals surface area contributed by atoms with Crippen LogP contribution in [-0.2, 0) is 9.47 Å². The molecule has 6 heteroatoms. The van der Waals surface area contributed by atoms with Crippen molar-refractivity contribution in [3.63, 3.8) is 0 Å². The summed E-state index contributed by atoms with van der Waals surface area (Å²) in [5.74, 6) is 3.68. The molecule has 5 aromatic rings. The van der Waals surface area contributed by atoms with E-state index in [2.05, 4.69) is 133 Å². The van der Waals surface area contributed by atoms with E-state index in [1.807, 2.05) is 64.1 Å². The number of hydrogen-bond donors (Lipinski definition) is 0. The number of allylic oxidation sites excluding steroid dienone is 11. The molecule has 59 heavy (non-hydrogen) atoms. The fourth-order valence-corrected chi connectivity index (χ4v) is 7.11. The molecule has 0 N–H and O–H groups in total. The molecule has 0 amide bonds. The summed E-state index contributed by atoms with van der Waals surface area (Å²) >= 11 is 0. The highest BCUT2D eigenvalue weighted by atomic mass is 16.5. The Morgan fingerprint density at radius 2 is 1.58 bits per heavy atom. The lowest BCUT2D eigenvalue weighted by molar-refractivity contribution is 0.306. The van der Waals surface area contributed by atoms with E-state index in [9.17, 15) is 0 Å². The van der Waals surface area contributed by atoms with Crippen LogP contribution < -0.4 is 4.74 Å². The van der Waals surface area contributed by atoms with Gasteiger partial charge in [-0.05, 0) is 128 Å². The van der Waals surface area contributed by atoms with E-state index < -0.39 is 0 Å². The van der Waals surface area contributed by atoms with Crippen LogP contribution >= 0.6 is 0 Å². The molecular weight excluding hydrogens is 729 g/mol. The highest BCUT2D eigenvalue weighted by Crippen LogP contribution is 2.42. The quantitative estimate of drug-likeness (QED) is 0.0458. The van der Waals surface area contributed by atoms with E-state index in [4.69, 9.17) is 18.6 Å². The molecule has 300 valence electrons. The normalized spacial score (nSPS) is 15.1. The van der Waals surface area contributed by atoms with Gasteiger partial charge in [0, 0.05) is 28.2 Å². The predicted octanol–water partition coefficient (Wildman–Crippen LogP) is 13.9. The highest BCUT2D eigenvalue weighted by molar-refractivity contribution is 6.01. The molecule has 0 saturated carbocycles. The molecule has 0 radical (unpaired) electrons. The van der Waals surface area contributed by atoms with Gasteiger partial charge in [-0.15, -0.1) is 0 Å². The number of aryl methyl sites for hydroxylation is 1. The number of rotatable bonds is 15. The summed E-state index contributed by atoms with van der Waals surface area (Å²) in [4.78, 5) is 9.32. The number of ether oxygens (including phenoxy) is 3. The Labute approximate surface area is 349 Å². The second-order valence-electron chi connectivity index (χ2n) is 14.2. The second-order valence-corrected chi connectivity index (χ2v) is 14.2. The molecule has 4 aromatic carbocycles. The molecule has 6 rings (SSSR count). The molecule has 1 unspecified atom stereocenters. The largest absolute Gasteiger partial charge is 0.496 e. The van der Waals surface area contributed by atoms with Crippen LogP contribution in [0.15, 0.2) is 167 Å². The van der Waals surface area contributed by atoms with E-state index >= 15 is 0 Å². The zero-order valence-corrected chi connectivity index (χ0v) is 35.3. The van der Waals surface area contributed by atoms with E-state index in [0.29, 0.717) is 24.1 Å². The Hall–Kier alpha value is -6.66. The van der Waals surface area contributed by atoms with Gasteiger partial charge in [-0.1, -0.05) is 105 Å². The summed E-state index contributed by atoms with van der Waals surface area (Å²) in [7, 11) is 3.46. The topological polar surface area (TPSA) is 66.1 Å². The van der Waals surface area contributed by atoms with Crippen LogP contribution in [0.3, 0.4) is 0 Å². The van der Waals surface area contributed by atoms with Crippen LogP contribution in [0.25, 0.3) is 50.6 Å². The fraction of sp³-hybridized carbons (Fsp3) is 0.208. The average molecular weight is 783 g/mol. The van der Waals surface area contributed by atoms with Crippen molar-refractivity contribution in [2.75, 3.05) is 20.8 Å². The minimum atomic E-state index is 0.101. The SMILES string of the molecule is C=C(/C=C\C)N=C(OC/C=C\C)c1ccc(C(/C=C\C)=C/C2C=C(c3c(OC)ccc4cc(-c5ccc(-c6nc(C)c(/C=C\CC)o6)cc5)ccc34)C(OC)=CC2)cc1. The molecule has 1 aliphatic carbocycles. The molecule has 6 nitrogen and oxygen atoms in total. The Morgan fingerprint density at radius 3 is 2.27 bits per heavy atom. The fourth-order valence-electron chi connectivity index (χ4n) is 7.11. The zero-order valence-electron chi connectivity index (χ0n) is 35.3. The van der Waals surface area contributed by atoms with Gasteiger partial charge in [0.2, 0.25) is 11.8 Å². The van der Waals surface area contributed by atoms with Crippen molar-refractivity contribution in [1.29, 1.82) is 0 Å². The number of oxazole rings is 1. The molecular formula is C53H54N2O4. The Balaban J connectivity index is 1.32. The van der Waals surface area contributed by atoms with E-state index in [1.165, 1.54) is 0 Å². The molecule has 1 aliphatic rings. The number of aromatic nitrogens is 1. The summed E-state index contributed by atoms with van der Waals surface area (Å²) in [6.07, 6.45) is 24.6. The van der Waals surface area contributed by atoms with Crippen LogP contribution in [-0.4, -0.2) is 31.7 Å². The third-order valence-electron chi connectivity index (χ3n) is 10.1. The minimum absolute atomic E-state index is 0.101. The second kappa shape index (κ2) is 20.2. The van der Waals surface area contributed by atoms with Gasteiger partial charge in [-0.3, -0.25) is 0 Å². The summed E-state index contributed by atoms with van der Waals surface area (Å²) in [6.45, 7) is 14.5. The third kappa shape index (κ3) is 10.1. The molecule has 0 saturated heterocycles. The number of nitrogens with zero attached hydrogens (tertiary/aromatic N) is 2. The summed E-state index contributed by atoms with van der Waals surface area (Å²) in [5, 5.41) is 2.19. The van der Waals surface area contributed by atoms with E-state index in [1.54, 1.807) is 14.2 Å². The maximum Gasteiger partial charge on any atom is 0.226 e. The van der Waals surface area contributed by atoms with Crippen molar-refractivity contribution in [2.45, 2.75) is 47.5 Å². The molecule has 0 spiro atoms. The smallest absolute Gasteiger partial charge is 0.226 e. The number of methoxy groups -OCH3 is 2. The maximum absolute atomic E-state index is 6.07. The number of fused-ring (bicyclic) bond motifs is 1. The zero-order chi connectivity index (χ0) is 41.7. The van der Waals surface area contributed by atoms with Crippen molar-refractivity contribution in [1.82, 2.24) is 4.98 Å². The lowest BCUT2D eigenvalue weighted by Gasteiger charge is -2.23. The Morgan fingerprint density at radius 1 is 0.847 bits per heavy atom. The lowest BCUT2D eigenvalue weighted by Crippen LogP contribution is -2.08. The van der Waals surface area contributed by atoms with Crippen LogP contribution in [0.2, 0.25) is 0 Å². The van der Waals surface area contributed by atoms with Crippen molar-refractivity contribution in [3.8, 4) is 28.3 Å². The first-order chi connectivity index (χ1) is 28.8. The Bertz CT molecular complexity index is 2520. The van der Waals surface area contributed by atoms with Crippen LogP contribution in [0.4, 0.5) is 0 Å². The van der Waals surface area contributed by atoms with E-state index in [0.717, 1.165) is 91.1 Å². The first-order valence-electron chi connectivity index (χ1n) is 20.2. The number of benzene rings is 4. The van der Waals surface area contributed by atoms with Crippen LogP contribution in [0.1, 0.15) is 68.7 Å². The van der Waals surface area contributed by atoms with Gasteiger partial charge >= 0.3 is 0 Å². The molecule has 0 aliphatic heterocycles. The molecule has 1 atom stereocenters. The van der Waals surface area contributed by atoms with Gasteiger partial charge < -0.3 is 18.6 Å². The molecule has 1 heterocycles. The number of aliphatic imine (C=N–C) groups is 1. The standard InChI is InChI=1S/C53H54N2O4/c1-9-13-17-48-37(6)55-53(59-48)42-25-21-40(22-26-42)44-27-29-46-45(35-44)28-31-50(57-8)51(46)47-34-38(18-30-49(47)56-7)33-43(16-12-4)39-19-23-41(24-20-39)52(58-32-14-10-2)54-36(5)15-11-3/h10-17,19-31,33-35,38H,5,9,18,32H2,1-4,6-8H3/b14-10-,15-11-,16-12-,17-13-,43-33+,54-52?. The van der Waals surface area contributed by atoms with Gasteiger partial charge in [0.15, 0.2) is 0 Å².